The molecule has 4 rings (SSSR count). The van der Waals surface area contributed by atoms with E-state index in [1.54, 1.807) is 0 Å². The van der Waals surface area contributed by atoms with Gasteiger partial charge in [-0.25, -0.2) is 0 Å². The Balaban J connectivity index is 0.000000111. The molecule has 4 nitrogen and oxygen atoms in total. The van der Waals surface area contributed by atoms with E-state index in [9.17, 15) is 0 Å². The van der Waals surface area contributed by atoms with Gasteiger partial charge in [-0.15, -0.1) is 0 Å². The number of ether oxygens (including phenoxy) is 4. The summed E-state index contributed by atoms with van der Waals surface area (Å²) in [4.78, 5) is 0. The molecule has 3 atom stereocenters. The van der Waals surface area contributed by atoms with Crippen molar-refractivity contribution in [1.29, 1.82) is 0 Å². The van der Waals surface area contributed by atoms with Crippen LogP contribution in [0, 0.1) is 0 Å². The minimum atomic E-state index is 0.392. The molecule has 18 heavy (non-hydrogen) atoms. The molecule has 0 aliphatic carbocycles. The molecule has 3 saturated heterocycles. The molecule has 0 saturated carbocycles. The number of hydrogen-bond acceptors (Lipinski definition) is 4. The normalized spacial score (nSPS) is 31.2. The van der Waals surface area contributed by atoms with Crippen molar-refractivity contribution in [2.24, 2.45) is 0 Å². The fourth-order valence-electron chi connectivity index (χ4n) is 1.57. The predicted octanol–water partition coefficient (Wildman–Crippen LogP) is 1.56. The quantitative estimate of drug-likeness (QED) is 0.744. The van der Waals surface area contributed by atoms with Gasteiger partial charge in [0.25, 0.3) is 0 Å². The molecule has 3 unspecified atom stereocenters. The van der Waals surface area contributed by atoms with Crippen molar-refractivity contribution < 1.29 is 18.9 Å². The topological polar surface area (TPSA) is 46.8 Å². The third kappa shape index (κ3) is 4.38. The molecule has 3 aliphatic rings. The molecule has 98 valence electrons. The Morgan fingerprint density at radius 2 is 1.44 bits per heavy atom. The van der Waals surface area contributed by atoms with Gasteiger partial charge in [0.15, 0.2) is 0 Å². The van der Waals surface area contributed by atoms with Gasteiger partial charge in [-0.05, 0) is 5.56 Å². The van der Waals surface area contributed by atoms with E-state index in [0.717, 1.165) is 33.0 Å². The third-order valence-corrected chi connectivity index (χ3v) is 2.92. The number of epoxide rings is 3. The van der Waals surface area contributed by atoms with E-state index in [1.165, 1.54) is 5.56 Å². The lowest BCUT2D eigenvalue weighted by atomic mass is 10.2. The van der Waals surface area contributed by atoms with Crippen molar-refractivity contribution in [2.75, 3.05) is 33.0 Å². The Labute approximate surface area is 107 Å². The minimum Gasteiger partial charge on any atom is -0.376 e. The van der Waals surface area contributed by atoms with Crippen LogP contribution < -0.4 is 0 Å². The van der Waals surface area contributed by atoms with Crippen LogP contribution >= 0.6 is 0 Å². The minimum absolute atomic E-state index is 0.392. The zero-order chi connectivity index (χ0) is 12.2. The molecule has 1 aromatic carbocycles. The van der Waals surface area contributed by atoms with Gasteiger partial charge >= 0.3 is 0 Å². The van der Waals surface area contributed by atoms with Crippen LogP contribution in [0.5, 0.6) is 0 Å². The highest BCUT2D eigenvalue weighted by atomic mass is 16.6. The lowest BCUT2D eigenvalue weighted by molar-refractivity contribution is 0.102. The van der Waals surface area contributed by atoms with Crippen LogP contribution in [-0.4, -0.2) is 45.2 Å². The van der Waals surface area contributed by atoms with Crippen LogP contribution in [0.4, 0.5) is 0 Å². The molecule has 0 N–H and O–H groups in total. The first kappa shape index (κ1) is 12.1. The molecule has 3 fully saturated rings. The average molecular weight is 250 g/mol. The third-order valence-electron chi connectivity index (χ3n) is 2.92. The molecule has 0 radical (unpaired) electrons. The van der Waals surface area contributed by atoms with Crippen LogP contribution in [0.2, 0.25) is 0 Å². The monoisotopic (exact) mass is 250 g/mol. The van der Waals surface area contributed by atoms with Gasteiger partial charge in [0.2, 0.25) is 0 Å². The van der Waals surface area contributed by atoms with Gasteiger partial charge in [-0.1, -0.05) is 30.3 Å². The molecule has 1 aromatic rings. The Kier molecular flexibility index (Phi) is 3.90. The van der Waals surface area contributed by atoms with Gasteiger partial charge in [0.1, 0.15) is 18.3 Å². The second kappa shape index (κ2) is 5.80. The second-order valence-corrected chi connectivity index (χ2v) is 4.68. The average Bonchev–Trinajstić information content (AvgIpc) is 3.29. The Hall–Kier alpha value is -0.940. The lowest BCUT2D eigenvalue weighted by Gasteiger charge is -1.95. The highest BCUT2D eigenvalue weighted by Gasteiger charge is 2.26. The van der Waals surface area contributed by atoms with E-state index in [4.69, 9.17) is 18.9 Å². The molecule has 3 heterocycles. The van der Waals surface area contributed by atoms with Gasteiger partial charge in [0.05, 0.1) is 33.0 Å². The summed E-state index contributed by atoms with van der Waals surface area (Å²) in [6.07, 6.45) is 1.19. The van der Waals surface area contributed by atoms with Crippen molar-refractivity contribution >= 4 is 0 Å². The first-order valence-corrected chi connectivity index (χ1v) is 6.39. The van der Waals surface area contributed by atoms with E-state index in [1.807, 2.05) is 18.2 Å². The van der Waals surface area contributed by atoms with Gasteiger partial charge in [0, 0.05) is 0 Å². The molecular weight excluding hydrogens is 232 g/mol. The summed E-state index contributed by atoms with van der Waals surface area (Å²) in [6, 6.07) is 10.3. The molecule has 3 aliphatic heterocycles. The largest absolute Gasteiger partial charge is 0.376 e. The SMILES string of the molecule is C(OCC1CO1)C1CO1.c1ccc(C2CO2)cc1. The van der Waals surface area contributed by atoms with Crippen molar-refractivity contribution in [1.82, 2.24) is 0 Å². The second-order valence-electron chi connectivity index (χ2n) is 4.68. The van der Waals surface area contributed by atoms with Gasteiger partial charge < -0.3 is 18.9 Å². The molecular formula is C14H18O4. The molecule has 0 aromatic heterocycles. The first-order valence-electron chi connectivity index (χ1n) is 6.39. The Morgan fingerprint density at radius 3 is 1.89 bits per heavy atom. The van der Waals surface area contributed by atoms with E-state index < -0.39 is 0 Å². The maximum absolute atomic E-state index is 5.23. The summed E-state index contributed by atoms with van der Waals surface area (Å²) in [7, 11) is 0. The molecule has 4 heteroatoms. The summed E-state index contributed by atoms with van der Waals surface area (Å²) < 4.78 is 20.2. The zero-order valence-electron chi connectivity index (χ0n) is 10.3. The van der Waals surface area contributed by atoms with E-state index in [-0.39, 0.29) is 0 Å². The van der Waals surface area contributed by atoms with Gasteiger partial charge in [-0.2, -0.15) is 0 Å². The van der Waals surface area contributed by atoms with E-state index >= 15 is 0 Å². The highest BCUT2D eigenvalue weighted by molar-refractivity contribution is 5.19. The van der Waals surface area contributed by atoms with Crippen LogP contribution in [0.1, 0.15) is 11.7 Å². The number of benzene rings is 1. The standard InChI is InChI=1S/C8H8O.C6H10O3/c1-2-4-7(5-3-1)8-6-9-8;1(5-3-8-5)7-2-6-4-9-6/h1-5,8H,6H2;5-6H,1-4H2. The fourth-order valence-corrected chi connectivity index (χ4v) is 1.57. The number of rotatable bonds is 5. The van der Waals surface area contributed by atoms with Crippen molar-refractivity contribution in [3.63, 3.8) is 0 Å². The first-order chi connectivity index (χ1) is 8.92. The summed E-state index contributed by atoms with van der Waals surface area (Å²) in [5.41, 5.74) is 1.30. The summed E-state index contributed by atoms with van der Waals surface area (Å²) in [6.45, 7) is 4.17. The summed E-state index contributed by atoms with van der Waals surface area (Å²) >= 11 is 0. The predicted molar refractivity (Wildman–Crippen MR) is 65.4 cm³/mol. The van der Waals surface area contributed by atoms with Crippen molar-refractivity contribution in [3.05, 3.63) is 35.9 Å². The van der Waals surface area contributed by atoms with Crippen molar-refractivity contribution in [3.8, 4) is 0 Å². The van der Waals surface area contributed by atoms with Crippen molar-refractivity contribution in [2.45, 2.75) is 18.3 Å². The fraction of sp³-hybridized carbons (Fsp3) is 0.571. The maximum Gasteiger partial charge on any atom is 0.106 e. The summed E-state index contributed by atoms with van der Waals surface area (Å²) in [5, 5.41) is 0. The van der Waals surface area contributed by atoms with Crippen LogP contribution in [0.15, 0.2) is 30.3 Å². The van der Waals surface area contributed by atoms with Crippen LogP contribution in [0.25, 0.3) is 0 Å². The van der Waals surface area contributed by atoms with Crippen LogP contribution in [-0.2, 0) is 18.9 Å². The molecule has 0 bridgehead atoms. The smallest absolute Gasteiger partial charge is 0.106 e. The van der Waals surface area contributed by atoms with E-state index in [2.05, 4.69) is 12.1 Å². The molecule has 0 amide bonds. The van der Waals surface area contributed by atoms with Gasteiger partial charge in [-0.3, -0.25) is 0 Å². The number of hydrogen-bond donors (Lipinski definition) is 0. The van der Waals surface area contributed by atoms with E-state index in [0.29, 0.717) is 18.3 Å². The summed E-state index contributed by atoms with van der Waals surface area (Å²) in [5.74, 6) is 0. The highest BCUT2D eigenvalue weighted by Crippen LogP contribution is 2.28. The van der Waals surface area contributed by atoms with Crippen LogP contribution in [0.3, 0.4) is 0 Å². The molecule has 0 spiro atoms. The maximum atomic E-state index is 5.23. The Bertz CT molecular complexity index is 343. The zero-order valence-corrected chi connectivity index (χ0v) is 10.3. The lowest BCUT2D eigenvalue weighted by Crippen LogP contribution is -2.06. The Morgan fingerprint density at radius 1 is 0.889 bits per heavy atom.